The second-order valence-electron chi connectivity index (χ2n) is 2.75. The fourth-order valence-corrected chi connectivity index (χ4v) is 2.62. The van der Waals surface area contributed by atoms with Crippen LogP contribution in [0.4, 0.5) is 5.69 Å². The van der Waals surface area contributed by atoms with E-state index in [0.717, 1.165) is 19.9 Å². The van der Waals surface area contributed by atoms with E-state index in [-0.39, 0.29) is 6.61 Å². The molecule has 2 aromatic rings. The zero-order valence-corrected chi connectivity index (χ0v) is 8.53. The highest BCUT2D eigenvalue weighted by Gasteiger charge is 2.09. The molecule has 1 aromatic carbocycles. The van der Waals surface area contributed by atoms with E-state index in [1.54, 1.807) is 0 Å². The van der Waals surface area contributed by atoms with Crippen molar-refractivity contribution in [3.8, 4) is 0 Å². The van der Waals surface area contributed by atoms with Gasteiger partial charge in [0.25, 0.3) is 0 Å². The molecule has 0 bridgehead atoms. The zero-order valence-electron chi connectivity index (χ0n) is 6.82. The monoisotopic (exact) mass is 211 g/mol. The first-order valence-corrected chi connectivity index (χ1v) is 5.10. The van der Waals surface area contributed by atoms with Gasteiger partial charge >= 0.3 is 0 Å². The van der Waals surface area contributed by atoms with Crippen molar-refractivity contribution in [3.63, 3.8) is 0 Å². The van der Waals surface area contributed by atoms with Crippen LogP contribution in [-0.4, -0.2) is 5.11 Å². The Morgan fingerprint density at radius 1 is 1.46 bits per heavy atom. The predicted molar refractivity (Wildman–Crippen MR) is 59.4 cm³/mol. The van der Waals surface area contributed by atoms with Crippen molar-refractivity contribution < 1.29 is 5.11 Å². The molecule has 2 rings (SSSR count). The average Bonchev–Trinajstić information content (AvgIpc) is 2.45. The third-order valence-corrected chi connectivity index (χ3v) is 3.72. The summed E-state index contributed by atoms with van der Waals surface area (Å²) in [5.74, 6) is 0. The Bertz CT molecular complexity index is 450. The quantitative estimate of drug-likeness (QED) is 0.634. The topological polar surface area (TPSA) is 46.2 Å². The number of nitrogen functional groups attached to an aromatic ring is 1. The van der Waals surface area contributed by atoms with Gasteiger partial charge < -0.3 is 10.8 Å². The van der Waals surface area contributed by atoms with Crippen LogP contribution in [0.25, 0.3) is 10.1 Å². The number of thiophene rings is 1. The summed E-state index contributed by atoms with van der Waals surface area (Å²) in [5, 5.41) is 10.0. The van der Waals surface area contributed by atoms with E-state index in [9.17, 15) is 0 Å². The van der Waals surface area contributed by atoms with Crippen LogP contribution in [0.5, 0.6) is 0 Å². The van der Waals surface area contributed by atoms with Gasteiger partial charge in [-0.2, -0.15) is 0 Å². The average molecular weight is 211 g/mol. The van der Waals surface area contributed by atoms with Gasteiger partial charge in [-0.1, -0.05) is 12.1 Å². The number of aliphatic hydroxyl groups excluding tert-OH is 1. The molecule has 0 atom stereocenters. The summed E-state index contributed by atoms with van der Waals surface area (Å²) in [6.45, 7) is -0.00159. The Hall–Kier alpha value is -0.710. The molecule has 0 spiro atoms. The Labute approximate surface area is 85.4 Å². The highest BCUT2D eigenvalue weighted by Crippen LogP contribution is 2.36. The highest BCUT2D eigenvalue weighted by atomic mass is 32.1. The summed E-state index contributed by atoms with van der Waals surface area (Å²) in [5.41, 5.74) is 6.51. The molecule has 0 saturated carbocycles. The largest absolute Gasteiger partial charge is 0.397 e. The van der Waals surface area contributed by atoms with E-state index < -0.39 is 0 Å². The van der Waals surface area contributed by atoms with Gasteiger partial charge in [0.1, 0.15) is 0 Å². The van der Waals surface area contributed by atoms with Crippen LogP contribution in [0.1, 0.15) is 4.88 Å². The molecular formula is C9H9NOS2. The molecule has 1 heterocycles. The molecule has 0 amide bonds. The lowest BCUT2D eigenvalue weighted by Crippen LogP contribution is -1.87. The van der Waals surface area contributed by atoms with E-state index in [1.807, 2.05) is 18.2 Å². The van der Waals surface area contributed by atoms with Crippen LogP contribution in [0.15, 0.2) is 23.1 Å². The van der Waals surface area contributed by atoms with E-state index in [2.05, 4.69) is 12.6 Å². The van der Waals surface area contributed by atoms with Crippen LogP contribution in [0.3, 0.4) is 0 Å². The zero-order chi connectivity index (χ0) is 9.42. The number of aliphatic hydroxyl groups is 1. The van der Waals surface area contributed by atoms with E-state index in [0.29, 0.717) is 5.69 Å². The third kappa shape index (κ3) is 1.31. The number of anilines is 1. The minimum absolute atomic E-state index is 0.00159. The molecule has 0 aliphatic carbocycles. The van der Waals surface area contributed by atoms with Crippen LogP contribution < -0.4 is 5.73 Å². The van der Waals surface area contributed by atoms with Crippen molar-refractivity contribution in [3.05, 3.63) is 23.1 Å². The number of nitrogens with two attached hydrogens (primary N) is 1. The van der Waals surface area contributed by atoms with Crippen molar-refractivity contribution in [2.24, 2.45) is 0 Å². The second kappa shape index (κ2) is 3.21. The lowest BCUT2D eigenvalue weighted by atomic mass is 10.2. The molecular weight excluding hydrogens is 202 g/mol. The first-order valence-electron chi connectivity index (χ1n) is 3.83. The smallest absolute Gasteiger partial charge is 0.0795 e. The SMILES string of the molecule is Nc1c(CO)sc2c(S)cccc12. The van der Waals surface area contributed by atoms with Crippen LogP contribution in [0, 0.1) is 0 Å². The minimum atomic E-state index is -0.00159. The van der Waals surface area contributed by atoms with Gasteiger partial charge in [0, 0.05) is 10.3 Å². The molecule has 13 heavy (non-hydrogen) atoms. The first kappa shape index (κ1) is 8.87. The number of rotatable bonds is 1. The molecule has 3 N–H and O–H groups in total. The summed E-state index contributed by atoms with van der Waals surface area (Å²) in [6.07, 6.45) is 0. The third-order valence-electron chi connectivity index (χ3n) is 1.95. The number of fused-ring (bicyclic) bond motifs is 1. The van der Waals surface area contributed by atoms with Gasteiger partial charge in [0.2, 0.25) is 0 Å². The number of thiol groups is 1. The fraction of sp³-hybridized carbons (Fsp3) is 0.111. The molecule has 0 fully saturated rings. The Morgan fingerprint density at radius 3 is 2.85 bits per heavy atom. The molecule has 0 radical (unpaired) electrons. The summed E-state index contributed by atoms with van der Waals surface area (Å²) in [6, 6.07) is 5.78. The van der Waals surface area contributed by atoms with Gasteiger partial charge in [0.15, 0.2) is 0 Å². The maximum Gasteiger partial charge on any atom is 0.0795 e. The number of hydrogen-bond donors (Lipinski definition) is 3. The summed E-state index contributed by atoms with van der Waals surface area (Å²) in [4.78, 5) is 1.73. The van der Waals surface area contributed by atoms with Gasteiger partial charge in [0.05, 0.1) is 21.9 Å². The normalized spacial score (nSPS) is 10.9. The molecule has 4 heteroatoms. The Balaban J connectivity index is 2.83. The van der Waals surface area contributed by atoms with Gasteiger partial charge in [-0.3, -0.25) is 0 Å². The Kier molecular flexibility index (Phi) is 2.19. The molecule has 0 unspecified atom stereocenters. The molecule has 2 nitrogen and oxygen atoms in total. The number of benzene rings is 1. The maximum atomic E-state index is 9.02. The van der Waals surface area contributed by atoms with Crippen molar-refractivity contribution in [1.29, 1.82) is 0 Å². The molecule has 0 aliphatic rings. The van der Waals surface area contributed by atoms with Crippen molar-refractivity contribution in [1.82, 2.24) is 0 Å². The lowest BCUT2D eigenvalue weighted by molar-refractivity contribution is 0.286. The predicted octanol–water partition coefficient (Wildman–Crippen LogP) is 2.26. The summed E-state index contributed by atoms with van der Waals surface area (Å²) >= 11 is 5.82. The fourth-order valence-electron chi connectivity index (χ4n) is 1.29. The van der Waals surface area contributed by atoms with E-state index >= 15 is 0 Å². The van der Waals surface area contributed by atoms with Crippen LogP contribution in [-0.2, 0) is 6.61 Å². The van der Waals surface area contributed by atoms with E-state index in [4.69, 9.17) is 10.8 Å². The van der Waals surface area contributed by atoms with Crippen molar-refractivity contribution >= 4 is 39.7 Å². The van der Waals surface area contributed by atoms with Gasteiger partial charge in [-0.15, -0.1) is 24.0 Å². The van der Waals surface area contributed by atoms with Gasteiger partial charge in [-0.25, -0.2) is 0 Å². The summed E-state index contributed by atoms with van der Waals surface area (Å²) in [7, 11) is 0. The molecule has 0 aliphatic heterocycles. The van der Waals surface area contributed by atoms with Crippen molar-refractivity contribution in [2.75, 3.05) is 5.73 Å². The first-order chi connectivity index (χ1) is 6.24. The molecule has 0 saturated heterocycles. The standard InChI is InChI=1S/C9H9NOS2/c10-8-5-2-1-3-6(12)9(5)13-7(8)4-11/h1-3,11-12H,4,10H2. The van der Waals surface area contributed by atoms with Crippen LogP contribution in [0.2, 0.25) is 0 Å². The lowest BCUT2D eigenvalue weighted by Gasteiger charge is -1.93. The van der Waals surface area contributed by atoms with Crippen molar-refractivity contribution in [2.45, 2.75) is 11.5 Å². The highest BCUT2D eigenvalue weighted by molar-refractivity contribution is 7.80. The second-order valence-corrected chi connectivity index (χ2v) is 4.34. The van der Waals surface area contributed by atoms with E-state index in [1.165, 1.54) is 11.3 Å². The molecule has 68 valence electrons. The number of hydrogen-bond acceptors (Lipinski definition) is 4. The summed E-state index contributed by atoms with van der Waals surface area (Å²) < 4.78 is 1.05. The molecule has 1 aromatic heterocycles. The Morgan fingerprint density at radius 2 is 2.23 bits per heavy atom. The maximum absolute atomic E-state index is 9.02. The van der Waals surface area contributed by atoms with Crippen LogP contribution >= 0.6 is 24.0 Å². The van der Waals surface area contributed by atoms with Gasteiger partial charge in [-0.05, 0) is 6.07 Å². The minimum Gasteiger partial charge on any atom is -0.397 e.